The Bertz CT molecular complexity index is 1360. The van der Waals surface area contributed by atoms with E-state index in [1.165, 1.54) is 23.9 Å². The summed E-state index contributed by atoms with van der Waals surface area (Å²) < 4.78 is 20.4. The number of hydrogen-bond acceptors (Lipinski definition) is 5. The molecule has 7 nitrogen and oxygen atoms in total. The molecular formula is C26H25ClFN5O2S. The number of carbonyl (C=O) groups excluding carboxylic acids is 1. The average Bonchev–Trinajstić information content (AvgIpc) is 3.29. The number of methoxy groups -OCH3 is 1. The van der Waals surface area contributed by atoms with Gasteiger partial charge in [0.05, 0.1) is 18.8 Å². The largest absolute Gasteiger partial charge is 0.497 e. The van der Waals surface area contributed by atoms with Gasteiger partial charge in [-0.2, -0.15) is 0 Å². The smallest absolute Gasteiger partial charge is 0.319 e. The van der Waals surface area contributed by atoms with Gasteiger partial charge in [0, 0.05) is 22.5 Å². The van der Waals surface area contributed by atoms with E-state index in [2.05, 4.69) is 20.8 Å². The number of carbonyl (C=O) groups is 1. The van der Waals surface area contributed by atoms with Crippen LogP contribution in [-0.4, -0.2) is 27.9 Å². The number of amides is 2. The van der Waals surface area contributed by atoms with Crippen LogP contribution in [0.15, 0.2) is 71.9 Å². The van der Waals surface area contributed by atoms with Crippen LogP contribution >= 0.6 is 23.4 Å². The first-order valence-electron chi connectivity index (χ1n) is 11.1. The van der Waals surface area contributed by atoms with E-state index in [9.17, 15) is 9.18 Å². The van der Waals surface area contributed by atoms with Gasteiger partial charge >= 0.3 is 6.03 Å². The highest BCUT2D eigenvalue weighted by atomic mass is 35.5. The lowest BCUT2D eigenvalue weighted by Crippen LogP contribution is -2.32. The second-order valence-corrected chi connectivity index (χ2v) is 9.45. The second-order valence-electron chi connectivity index (χ2n) is 8.07. The molecule has 36 heavy (non-hydrogen) atoms. The Kier molecular flexibility index (Phi) is 8.12. The van der Waals surface area contributed by atoms with Crippen molar-refractivity contribution in [1.82, 2.24) is 20.1 Å². The van der Waals surface area contributed by atoms with Crippen molar-refractivity contribution in [2.45, 2.75) is 30.8 Å². The minimum absolute atomic E-state index is 0.282. The van der Waals surface area contributed by atoms with E-state index in [-0.39, 0.29) is 5.82 Å². The molecule has 0 saturated carbocycles. The van der Waals surface area contributed by atoms with Crippen LogP contribution in [0.4, 0.5) is 14.9 Å². The van der Waals surface area contributed by atoms with Crippen LogP contribution in [0.1, 0.15) is 29.9 Å². The summed E-state index contributed by atoms with van der Waals surface area (Å²) in [5.74, 6) is 1.47. The molecule has 0 saturated heterocycles. The van der Waals surface area contributed by atoms with E-state index in [0.29, 0.717) is 33.2 Å². The SMILES string of the molecule is COc1cccc(NC(=O)NC(C)c2nnc(SCc3ccc(F)cc3)n2-c2cc(Cl)ccc2C)c1. The van der Waals surface area contributed by atoms with Gasteiger partial charge in [-0.25, -0.2) is 9.18 Å². The maximum atomic E-state index is 13.3. The highest BCUT2D eigenvalue weighted by Crippen LogP contribution is 2.30. The van der Waals surface area contributed by atoms with Crippen LogP contribution in [0.2, 0.25) is 5.02 Å². The summed E-state index contributed by atoms with van der Waals surface area (Å²) >= 11 is 7.78. The quantitative estimate of drug-likeness (QED) is 0.255. The molecule has 0 aliphatic heterocycles. The number of thioether (sulfide) groups is 1. The maximum absolute atomic E-state index is 13.3. The van der Waals surface area contributed by atoms with Gasteiger partial charge in [0.25, 0.3) is 0 Å². The van der Waals surface area contributed by atoms with Gasteiger partial charge in [-0.1, -0.05) is 47.6 Å². The predicted molar refractivity (Wildman–Crippen MR) is 141 cm³/mol. The summed E-state index contributed by atoms with van der Waals surface area (Å²) in [6.45, 7) is 3.80. The normalized spacial score (nSPS) is 11.7. The van der Waals surface area contributed by atoms with Crippen LogP contribution in [0, 0.1) is 12.7 Å². The molecular weight excluding hydrogens is 501 g/mol. The molecule has 1 heterocycles. The summed E-state index contributed by atoms with van der Waals surface area (Å²) in [5, 5.41) is 15.7. The van der Waals surface area contributed by atoms with Crippen molar-refractivity contribution >= 4 is 35.1 Å². The van der Waals surface area contributed by atoms with Crippen molar-refractivity contribution < 1.29 is 13.9 Å². The lowest BCUT2D eigenvalue weighted by atomic mass is 10.2. The molecule has 1 unspecified atom stereocenters. The standard InChI is InChI=1S/C26H25ClFN5O2S/c1-16-7-10-19(27)13-23(16)33-24(31-32-26(33)36-15-18-8-11-20(28)12-9-18)17(2)29-25(34)30-21-5-4-6-22(14-21)35-3/h4-14,17H,15H2,1-3H3,(H2,29,30,34). The fourth-order valence-electron chi connectivity index (χ4n) is 3.56. The molecule has 0 aliphatic rings. The lowest BCUT2D eigenvalue weighted by molar-refractivity contribution is 0.249. The zero-order chi connectivity index (χ0) is 25.7. The molecule has 0 spiro atoms. The fourth-order valence-corrected chi connectivity index (χ4v) is 4.64. The molecule has 2 amide bonds. The molecule has 0 fully saturated rings. The Morgan fingerprint density at radius 1 is 1.14 bits per heavy atom. The number of aryl methyl sites for hydroxylation is 1. The third-order valence-electron chi connectivity index (χ3n) is 5.41. The zero-order valence-corrected chi connectivity index (χ0v) is 21.5. The summed E-state index contributed by atoms with van der Waals surface area (Å²) in [5.41, 5.74) is 3.33. The Labute approximate surface area is 218 Å². The van der Waals surface area contributed by atoms with Gasteiger partial charge < -0.3 is 15.4 Å². The topological polar surface area (TPSA) is 81.1 Å². The molecule has 4 rings (SSSR count). The van der Waals surface area contributed by atoms with E-state index >= 15 is 0 Å². The summed E-state index contributed by atoms with van der Waals surface area (Å²) in [7, 11) is 1.57. The third kappa shape index (κ3) is 6.16. The molecule has 4 aromatic rings. The van der Waals surface area contributed by atoms with Gasteiger partial charge in [0.1, 0.15) is 11.6 Å². The molecule has 186 valence electrons. The van der Waals surface area contributed by atoms with Crippen LogP contribution in [0.3, 0.4) is 0 Å². The number of nitrogens with one attached hydrogen (secondary N) is 2. The minimum Gasteiger partial charge on any atom is -0.497 e. The lowest BCUT2D eigenvalue weighted by Gasteiger charge is -2.18. The van der Waals surface area contributed by atoms with E-state index < -0.39 is 12.1 Å². The number of hydrogen-bond donors (Lipinski definition) is 2. The zero-order valence-electron chi connectivity index (χ0n) is 20.0. The van der Waals surface area contributed by atoms with Crippen molar-refractivity contribution in [3.8, 4) is 11.4 Å². The average molecular weight is 526 g/mol. The van der Waals surface area contributed by atoms with E-state index in [1.807, 2.05) is 36.6 Å². The van der Waals surface area contributed by atoms with Gasteiger partial charge in [0.2, 0.25) is 0 Å². The van der Waals surface area contributed by atoms with Gasteiger partial charge in [-0.15, -0.1) is 10.2 Å². The number of ether oxygens (including phenoxy) is 1. The molecule has 10 heteroatoms. The van der Waals surface area contributed by atoms with Crippen LogP contribution < -0.4 is 15.4 Å². The Hall–Kier alpha value is -3.56. The Morgan fingerprint density at radius 2 is 1.92 bits per heavy atom. The molecule has 0 radical (unpaired) electrons. The predicted octanol–water partition coefficient (Wildman–Crippen LogP) is 6.55. The molecule has 0 bridgehead atoms. The van der Waals surface area contributed by atoms with Gasteiger partial charge in [0.15, 0.2) is 11.0 Å². The van der Waals surface area contributed by atoms with Gasteiger partial charge in [-0.05, 0) is 61.4 Å². The number of aromatic nitrogens is 3. The van der Waals surface area contributed by atoms with E-state index in [0.717, 1.165) is 16.8 Å². The van der Waals surface area contributed by atoms with Crippen molar-refractivity contribution in [2.75, 3.05) is 12.4 Å². The first-order chi connectivity index (χ1) is 17.3. The monoisotopic (exact) mass is 525 g/mol. The Balaban J connectivity index is 1.59. The Morgan fingerprint density at radius 3 is 2.67 bits per heavy atom. The van der Waals surface area contributed by atoms with Crippen LogP contribution in [0.25, 0.3) is 5.69 Å². The molecule has 1 atom stereocenters. The highest BCUT2D eigenvalue weighted by Gasteiger charge is 2.22. The first-order valence-corrected chi connectivity index (χ1v) is 12.5. The third-order valence-corrected chi connectivity index (χ3v) is 6.65. The number of halogens is 2. The van der Waals surface area contributed by atoms with E-state index in [4.69, 9.17) is 16.3 Å². The van der Waals surface area contributed by atoms with Crippen molar-refractivity contribution in [3.05, 3.63) is 94.5 Å². The van der Waals surface area contributed by atoms with Gasteiger partial charge in [-0.3, -0.25) is 4.57 Å². The highest BCUT2D eigenvalue weighted by molar-refractivity contribution is 7.98. The number of rotatable bonds is 8. The minimum atomic E-state index is -0.485. The fraction of sp³-hybridized carbons (Fsp3) is 0.192. The summed E-state index contributed by atoms with van der Waals surface area (Å²) in [6.07, 6.45) is 0. The van der Waals surface area contributed by atoms with Crippen LogP contribution in [-0.2, 0) is 5.75 Å². The molecule has 0 aliphatic carbocycles. The number of urea groups is 1. The van der Waals surface area contributed by atoms with E-state index in [1.54, 1.807) is 43.5 Å². The number of benzene rings is 3. The number of anilines is 1. The molecule has 1 aromatic heterocycles. The van der Waals surface area contributed by atoms with Crippen molar-refractivity contribution in [2.24, 2.45) is 0 Å². The molecule has 2 N–H and O–H groups in total. The first kappa shape index (κ1) is 25.5. The van der Waals surface area contributed by atoms with Crippen LogP contribution in [0.5, 0.6) is 5.75 Å². The summed E-state index contributed by atoms with van der Waals surface area (Å²) in [4.78, 5) is 12.7. The van der Waals surface area contributed by atoms with Crippen molar-refractivity contribution in [1.29, 1.82) is 0 Å². The van der Waals surface area contributed by atoms with Crippen molar-refractivity contribution in [3.63, 3.8) is 0 Å². The number of nitrogens with zero attached hydrogens (tertiary/aromatic N) is 3. The molecule has 3 aromatic carbocycles. The summed E-state index contributed by atoms with van der Waals surface area (Å²) in [6, 6.07) is 18.1. The maximum Gasteiger partial charge on any atom is 0.319 e. The second kappa shape index (κ2) is 11.5.